The highest BCUT2D eigenvalue weighted by molar-refractivity contribution is 8.14. The van der Waals surface area contributed by atoms with Crippen LogP contribution in [0.4, 0.5) is 17.1 Å². The number of aliphatic imine (C=N–C) groups is 1. The van der Waals surface area contributed by atoms with Gasteiger partial charge in [-0.2, -0.15) is 0 Å². The van der Waals surface area contributed by atoms with Gasteiger partial charge < -0.3 is 4.90 Å². The molecular formula is C23H25ClN4O3S. The smallest absolute Gasteiger partial charge is 0.293 e. The van der Waals surface area contributed by atoms with Gasteiger partial charge >= 0.3 is 0 Å². The third-order valence-electron chi connectivity index (χ3n) is 5.81. The number of amidine groups is 1. The Balaban J connectivity index is 1.70. The molecule has 2 aliphatic rings. The lowest BCUT2D eigenvalue weighted by Crippen LogP contribution is -2.35. The highest BCUT2D eigenvalue weighted by Gasteiger charge is 2.30. The second kappa shape index (κ2) is 9.50. The van der Waals surface area contributed by atoms with Crippen molar-refractivity contribution in [3.8, 4) is 0 Å². The molecule has 4 rings (SSSR count). The van der Waals surface area contributed by atoms with Gasteiger partial charge in [0.1, 0.15) is 5.69 Å². The molecule has 9 heteroatoms. The van der Waals surface area contributed by atoms with Gasteiger partial charge in [-0.25, -0.2) is 0 Å². The third kappa shape index (κ3) is 4.76. The van der Waals surface area contributed by atoms with Gasteiger partial charge in [0.2, 0.25) is 0 Å². The van der Waals surface area contributed by atoms with Crippen molar-refractivity contribution in [3.63, 3.8) is 0 Å². The zero-order valence-corrected chi connectivity index (χ0v) is 19.6. The fraction of sp³-hybridized carbons (Fsp3) is 0.391. The molecule has 1 fully saturated rings. The molecule has 0 N–H and O–H groups in total. The maximum absolute atomic E-state index is 13.6. The molecule has 0 spiro atoms. The second-order valence-corrected chi connectivity index (χ2v) is 9.74. The number of nitro groups is 1. The zero-order valence-electron chi connectivity index (χ0n) is 18.0. The minimum Gasteiger partial charge on any atom is -0.366 e. The van der Waals surface area contributed by atoms with Gasteiger partial charge in [0.25, 0.3) is 11.6 Å². The molecule has 0 aliphatic carbocycles. The summed E-state index contributed by atoms with van der Waals surface area (Å²) >= 11 is 7.53. The molecule has 32 heavy (non-hydrogen) atoms. The number of nitro benzene ring substituents is 1. The van der Waals surface area contributed by atoms with Gasteiger partial charge in [-0.3, -0.25) is 24.8 Å². The summed E-state index contributed by atoms with van der Waals surface area (Å²) < 4.78 is 0. The number of anilines is 2. The molecule has 0 aromatic heterocycles. The van der Waals surface area contributed by atoms with Crippen molar-refractivity contribution in [3.05, 3.63) is 63.2 Å². The Kier molecular flexibility index (Phi) is 6.71. The van der Waals surface area contributed by atoms with Crippen LogP contribution in [0.3, 0.4) is 0 Å². The number of amides is 1. The minimum absolute atomic E-state index is 0.0455. The van der Waals surface area contributed by atoms with E-state index in [1.165, 1.54) is 22.7 Å². The maximum atomic E-state index is 13.6. The third-order valence-corrected chi connectivity index (χ3v) is 7.25. The molecule has 7 nitrogen and oxygen atoms in total. The first-order valence-corrected chi connectivity index (χ1v) is 12.0. The van der Waals surface area contributed by atoms with Crippen LogP contribution in [0.1, 0.15) is 37.0 Å². The highest BCUT2D eigenvalue weighted by atomic mass is 35.5. The van der Waals surface area contributed by atoms with E-state index in [0.29, 0.717) is 27.5 Å². The van der Waals surface area contributed by atoms with Crippen LogP contribution >= 0.6 is 23.4 Å². The molecule has 1 unspecified atom stereocenters. The summed E-state index contributed by atoms with van der Waals surface area (Å²) in [4.78, 5) is 33.2. The average Bonchev–Trinajstić information content (AvgIpc) is 3.21. The average molecular weight is 473 g/mol. The summed E-state index contributed by atoms with van der Waals surface area (Å²) in [6, 6.07) is 11.8. The molecule has 0 saturated carbocycles. The van der Waals surface area contributed by atoms with Gasteiger partial charge in [0, 0.05) is 35.5 Å². The molecular weight excluding hydrogens is 448 g/mol. The monoisotopic (exact) mass is 472 g/mol. The van der Waals surface area contributed by atoms with Crippen molar-refractivity contribution in [2.45, 2.75) is 32.7 Å². The van der Waals surface area contributed by atoms with E-state index in [-0.39, 0.29) is 23.2 Å². The number of rotatable bonds is 4. The number of thioether (sulfide) groups is 1. The SMILES string of the molecule is CC1CCN(c2ccc(C(=O)N(C3=NC(C)CS3)c3ccc(Cl)cc3)cc2[N+](=O)[O-])CC1. The molecule has 2 aromatic carbocycles. The summed E-state index contributed by atoms with van der Waals surface area (Å²) in [5.41, 5.74) is 1.40. The van der Waals surface area contributed by atoms with Gasteiger partial charge in [-0.05, 0) is 62.1 Å². The molecule has 2 heterocycles. The van der Waals surface area contributed by atoms with Crippen LogP contribution in [-0.2, 0) is 0 Å². The predicted octanol–water partition coefficient (Wildman–Crippen LogP) is 5.62. The van der Waals surface area contributed by atoms with Crippen molar-refractivity contribution in [2.75, 3.05) is 28.6 Å². The Morgan fingerprint density at radius 2 is 1.88 bits per heavy atom. The van der Waals surface area contributed by atoms with E-state index in [1.54, 1.807) is 36.4 Å². The number of carbonyl (C=O) groups is 1. The Hall–Kier alpha value is -2.58. The minimum atomic E-state index is -0.402. The lowest BCUT2D eigenvalue weighted by molar-refractivity contribution is -0.384. The lowest BCUT2D eigenvalue weighted by Gasteiger charge is -2.31. The highest BCUT2D eigenvalue weighted by Crippen LogP contribution is 2.34. The van der Waals surface area contributed by atoms with Crippen molar-refractivity contribution >= 4 is 51.5 Å². The Labute approximate surface area is 196 Å². The van der Waals surface area contributed by atoms with Gasteiger partial charge in [-0.15, -0.1) is 0 Å². The maximum Gasteiger partial charge on any atom is 0.293 e. The number of nitrogens with zero attached hydrogens (tertiary/aromatic N) is 4. The van der Waals surface area contributed by atoms with E-state index >= 15 is 0 Å². The van der Waals surface area contributed by atoms with Gasteiger partial charge in [0.15, 0.2) is 5.17 Å². The summed E-state index contributed by atoms with van der Waals surface area (Å²) in [5, 5.41) is 13.0. The Morgan fingerprint density at radius 1 is 1.19 bits per heavy atom. The first kappa shape index (κ1) is 22.6. The molecule has 1 atom stereocenters. The van der Waals surface area contributed by atoms with Crippen molar-refractivity contribution in [1.82, 2.24) is 0 Å². The fourth-order valence-electron chi connectivity index (χ4n) is 3.93. The largest absolute Gasteiger partial charge is 0.366 e. The van der Waals surface area contributed by atoms with E-state index in [0.717, 1.165) is 31.7 Å². The van der Waals surface area contributed by atoms with Crippen molar-refractivity contribution in [1.29, 1.82) is 0 Å². The normalized spacial score (nSPS) is 19.0. The first-order chi connectivity index (χ1) is 15.3. The number of halogens is 1. The zero-order chi connectivity index (χ0) is 22.8. The van der Waals surface area contributed by atoms with E-state index < -0.39 is 4.92 Å². The van der Waals surface area contributed by atoms with Crippen molar-refractivity contribution in [2.24, 2.45) is 10.9 Å². The van der Waals surface area contributed by atoms with Crippen LogP contribution in [-0.4, -0.2) is 40.9 Å². The van der Waals surface area contributed by atoms with E-state index in [1.807, 2.05) is 11.8 Å². The molecule has 1 saturated heterocycles. The van der Waals surface area contributed by atoms with Crippen molar-refractivity contribution < 1.29 is 9.72 Å². The van der Waals surface area contributed by atoms with Gasteiger partial charge in [0.05, 0.1) is 16.7 Å². The summed E-state index contributed by atoms with van der Waals surface area (Å²) in [7, 11) is 0. The number of hydrogen-bond acceptors (Lipinski definition) is 6. The van der Waals surface area contributed by atoms with Crippen LogP contribution in [0.15, 0.2) is 47.5 Å². The standard InChI is InChI=1S/C23H25ClN4O3S/c1-15-9-11-26(12-10-15)20-8-3-17(13-21(20)28(30)31)22(29)27(23-25-16(2)14-32-23)19-6-4-18(24)5-7-19/h3-8,13,15-16H,9-12,14H2,1-2H3. The van der Waals surface area contributed by atoms with Crippen LogP contribution < -0.4 is 9.80 Å². The first-order valence-electron chi connectivity index (χ1n) is 10.7. The second-order valence-electron chi connectivity index (χ2n) is 8.32. The molecule has 0 radical (unpaired) electrons. The van der Waals surface area contributed by atoms with Crippen LogP contribution in [0, 0.1) is 16.0 Å². The number of piperidine rings is 1. The molecule has 2 aromatic rings. The summed E-state index contributed by atoms with van der Waals surface area (Å²) in [6.07, 6.45) is 1.99. The summed E-state index contributed by atoms with van der Waals surface area (Å²) in [6.45, 7) is 5.74. The van der Waals surface area contributed by atoms with E-state index in [9.17, 15) is 14.9 Å². The van der Waals surface area contributed by atoms with E-state index in [2.05, 4.69) is 11.9 Å². The van der Waals surface area contributed by atoms with Crippen LogP contribution in [0.2, 0.25) is 5.02 Å². The van der Waals surface area contributed by atoms with Crippen LogP contribution in [0.25, 0.3) is 0 Å². The molecule has 1 amide bonds. The topological polar surface area (TPSA) is 79.0 Å². The predicted molar refractivity (Wildman–Crippen MR) is 131 cm³/mol. The molecule has 0 bridgehead atoms. The molecule has 168 valence electrons. The van der Waals surface area contributed by atoms with Crippen LogP contribution in [0.5, 0.6) is 0 Å². The fourth-order valence-corrected chi connectivity index (χ4v) is 5.10. The quantitative estimate of drug-likeness (QED) is 0.426. The number of carbonyl (C=O) groups excluding carboxylic acids is 1. The lowest BCUT2D eigenvalue weighted by atomic mass is 9.98. The number of hydrogen-bond donors (Lipinski definition) is 0. The van der Waals surface area contributed by atoms with Gasteiger partial charge in [-0.1, -0.05) is 30.3 Å². The Morgan fingerprint density at radius 3 is 2.47 bits per heavy atom. The van der Waals surface area contributed by atoms with E-state index in [4.69, 9.17) is 11.6 Å². The Bertz CT molecular complexity index is 1050. The number of benzene rings is 2. The molecule has 2 aliphatic heterocycles. The summed E-state index contributed by atoms with van der Waals surface area (Å²) in [5.74, 6) is 1.04.